The van der Waals surface area contributed by atoms with Gasteiger partial charge in [-0.25, -0.2) is 9.88 Å². The number of H-pyrrole nitrogens is 1. The van der Waals surface area contributed by atoms with Gasteiger partial charge in [-0.15, -0.1) is 0 Å². The molecule has 0 radical (unpaired) electrons. The number of carbonyl (C=O) groups excluding carboxylic acids is 3. The van der Waals surface area contributed by atoms with Crippen molar-refractivity contribution >= 4 is 40.4 Å². The number of nitrogens with one attached hydrogen (secondary N) is 1. The molecule has 2 aromatic heterocycles. The monoisotopic (exact) mass is 345 g/mol. The highest BCUT2D eigenvalue weighted by Crippen LogP contribution is 2.29. The summed E-state index contributed by atoms with van der Waals surface area (Å²) in [6.07, 6.45) is 5.23. The number of nitrogens with zero attached hydrogens (tertiary/aromatic N) is 2. The van der Waals surface area contributed by atoms with Crippen LogP contribution in [0.1, 0.15) is 29.3 Å². The molecule has 128 valence electrons. The molecule has 0 bridgehead atoms. The van der Waals surface area contributed by atoms with Gasteiger partial charge < -0.3 is 4.98 Å². The summed E-state index contributed by atoms with van der Waals surface area (Å²) in [5.74, 6) is -0.692. The third kappa shape index (κ3) is 2.61. The molecule has 3 heterocycles. The van der Waals surface area contributed by atoms with E-state index in [0.29, 0.717) is 16.8 Å². The van der Waals surface area contributed by atoms with Gasteiger partial charge in [0.15, 0.2) is 5.78 Å². The minimum absolute atomic E-state index is 0.0419. The topological polar surface area (TPSA) is 83.1 Å². The van der Waals surface area contributed by atoms with Crippen LogP contribution in [0.15, 0.2) is 54.4 Å². The Balaban J connectivity index is 1.68. The number of amides is 2. The van der Waals surface area contributed by atoms with Gasteiger partial charge >= 0.3 is 0 Å². The first-order valence-electron chi connectivity index (χ1n) is 8.15. The van der Waals surface area contributed by atoms with Gasteiger partial charge in [0.2, 0.25) is 5.91 Å². The second-order valence-electron chi connectivity index (χ2n) is 6.13. The maximum absolute atomic E-state index is 12.7. The van der Waals surface area contributed by atoms with E-state index in [1.165, 1.54) is 6.92 Å². The Kier molecular flexibility index (Phi) is 3.73. The largest absolute Gasteiger partial charge is 0.346 e. The van der Waals surface area contributed by atoms with Crippen LogP contribution >= 0.6 is 0 Å². The van der Waals surface area contributed by atoms with Crippen molar-refractivity contribution in [2.24, 2.45) is 0 Å². The molecule has 6 nitrogen and oxygen atoms in total. The number of carbonyl (C=O) groups is 3. The highest BCUT2D eigenvalue weighted by Gasteiger charge is 2.35. The van der Waals surface area contributed by atoms with Gasteiger partial charge in [-0.3, -0.25) is 14.4 Å². The number of rotatable bonds is 3. The van der Waals surface area contributed by atoms with E-state index in [1.54, 1.807) is 42.7 Å². The Bertz CT molecular complexity index is 1080. The highest BCUT2D eigenvalue weighted by atomic mass is 16.2. The second-order valence-corrected chi connectivity index (χ2v) is 6.13. The summed E-state index contributed by atoms with van der Waals surface area (Å²) in [5, 5.41) is 0.893. The number of anilines is 1. The summed E-state index contributed by atoms with van der Waals surface area (Å²) in [7, 11) is 0. The maximum Gasteiger partial charge on any atom is 0.261 e. The van der Waals surface area contributed by atoms with Crippen molar-refractivity contribution in [3.05, 3.63) is 65.5 Å². The van der Waals surface area contributed by atoms with E-state index in [1.807, 2.05) is 12.1 Å². The lowest BCUT2D eigenvalue weighted by Crippen LogP contribution is -2.28. The summed E-state index contributed by atoms with van der Waals surface area (Å²) in [4.78, 5) is 44.9. The van der Waals surface area contributed by atoms with Crippen LogP contribution in [0.4, 0.5) is 5.69 Å². The number of aromatic amines is 1. The zero-order valence-electron chi connectivity index (χ0n) is 14.0. The summed E-state index contributed by atoms with van der Waals surface area (Å²) in [5.41, 5.74) is 2.98. The first-order chi connectivity index (χ1) is 12.5. The second kappa shape index (κ2) is 6.07. The Morgan fingerprint density at radius 3 is 2.69 bits per heavy atom. The first kappa shape index (κ1) is 16.0. The molecule has 6 heteroatoms. The molecule has 1 aliphatic heterocycles. The zero-order chi connectivity index (χ0) is 18.3. The number of aromatic nitrogens is 2. The molecule has 0 saturated carbocycles. The van der Waals surface area contributed by atoms with Crippen LogP contribution in [-0.4, -0.2) is 27.6 Å². The maximum atomic E-state index is 12.7. The molecule has 1 aliphatic rings. The van der Waals surface area contributed by atoms with Crippen LogP contribution in [-0.2, 0) is 9.59 Å². The number of ketones is 1. The van der Waals surface area contributed by atoms with Crippen molar-refractivity contribution in [1.82, 2.24) is 9.97 Å². The third-order valence-electron chi connectivity index (χ3n) is 4.41. The Hall–Kier alpha value is -3.54. The number of fused-ring (bicyclic) bond motifs is 1. The van der Waals surface area contributed by atoms with Crippen molar-refractivity contribution in [2.45, 2.75) is 13.3 Å². The van der Waals surface area contributed by atoms with Crippen molar-refractivity contribution < 1.29 is 14.4 Å². The lowest BCUT2D eigenvalue weighted by molar-refractivity contribution is -0.120. The fourth-order valence-electron chi connectivity index (χ4n) is 3.08. The van der Waals surface area contributed by atoms with Crippen LogP contribution in [0.2, 0.25) is 0 Å². The lowest BCUT2D eigenvalue weighted by Gasteiger charge is -2.13. The number of hydrogen-bond acceptors (Lipinski definition) is 4. The average molecular weight is 345 g/mol. The number of benzene rings is 1. The van der Waals surface area contributed by atoms with E-state index in [0.717, 1.165) is 21.5 Å². The third-order valence-corrected chi connectivity index (χ3v) is 4.41. The predicted molar refractivity (Wildman–Crippen MR) is 97.6 cm³/mol. The summed E-state index contributed by atoms with van der Waals surface area (Å²) in [6.45, 7) is 1.47. The fourth-order valence-corrected chi connectivity index (χ4v) is 3.08. The quantitative estimate of drug-likeness (QED) is 0.449. The van der Waals surface area contributed by atoms with E-state index in [-0.39, 0.29) is 24.0 Å². The molecule has 1 aromatic carbocycles. The van der Waals surface area contributed by atoms with Gasteiger partial charge in [-0.1, -0.05) is 0 Å². The van der Waals surface area contributed by atoms with Gasteiger partial charge in [0.25, 0.3) is 5.91 Å². The van der Waals surface area contributed by atoms with E-state index >= 15 is 0 Å². The van der Waals surface area contributed by atoms with E-state index < -0.39 is 0 Å². The molecule has 1 saturated heterocycles. The fraction of sp³-hybridized carbons (Fsp3) is 0.100. The van der Waals surface area contributed by atoms with Gasteiger partial charge in [0.05, 0.1) is 12.1 Å². The minimum Gasteiger partial charge on any atom is -0.346 e. The molecule has 2 amide bonds. The molecule has 0 spiro atoms. The number of pyridine rings is 1. The van der Waals surface area contributed by atoms with Crippen molar-refractivity contribution in [2.75, 3.05) is 4.90 Å². The van der Waals surface area contributed by atoms with Crippen molar-refractivity contribution in [3.63, 3.8) is 0 Å². The van der Waals surface area contributed by atoms with Crippen LogP contribution in [0.5, 0.6) is 0 Å². The number of hydrogen-bond donors (Lipinski definition) is 1. The van der Waals surface area contributed by atoms with E-state index in [9.17, 15) is 14.4 Å². The molecule has 1 fully saturated rings. The summed E-state index contributed by atoms with van der Waals surface area (Å²) >= 11 is 0. The highest BCUT2D eigenvalue weighted by molar-refractivity contribution is 6.29. The summed E-state index contributed by atoms with van der Waals surface area (Å²) in [6, 6.07) is 10.2. The van der Waals surface area contributed by atoms with Gasteiger partial charge in [-0.2, -0.15) is 0 Å². The van der Waals surface area contributed by atoms with E-state index in [2.05, 4.69) is 9.97 Å². The van der Waals surface area contributed by atoms with Crippen molar-refractivity contribution in [1.29, 1.82) is 0 Å². The molecule has 0 aliphatic carbocycles. The Morgan fingerprint density at radius 1 is 1.19 bits per heavy atom. The average Bonchev–Trinajstić information content (AvgIpc) is 3.16. The standard InChI is InChI=1S/C20H15N3O3/c1-12(24)13-4-6-16(7-5-13)23-18(25)10-14(20(23)26)9-15-11-22-19-17(15)3-2-8-21-19/h2-9,11H,10H2,1H3,(H,21,22)/b14-9-. The Labute approximate surface area is 149 Å². The van der Waals surface area contributed by atoms with Gasteiger partial charge in [-0.05, 0) is 49.4 Å². The molecule has 0 atom stereocenters. The van der Waals surface area contributed by atoms with E-state index in [4.69, 9.17) is 0 Å². The molecular formula is C20H15N3O3. The predicted octanol–water partition coefficient (Wildman–Crippen LogP) is 3.11. The Morgan fingerprint density at radius 2 is 1.96 bits per heavy atom. The lowest BCUT2D eigenvalue weighted by atomic mass is 10.1. The van der Waals surface area contributed by atoms with Gasteiger partial charge in [0, 0.05) is 34.5 Å². The minimum atomic E-state index is -0.344. The molecule has 1 N–H and O–H groups in total. The number of Topliss-reactive ketones (excluding diaryl/α,β-unsaturated/α-hetero) is 1. The molecular weight excluding hydrogens is 330 g/mol. The molecule has 3 aromatic rings. The van der Waals surface area contributed by atoms with Gasteiger partial charge in [0.1, 0.15) is 5.65 Å². The normalized spacial score (nSPS) is 16.0. The SMILES string of the molecule is CC(=O)c1ccc(N2C(=O)C/C(=C/c3c[nH]c4ncccc34)C2=O)cc1. The van der Waals surface area contributed by atoms with Crippen LogP contribution < -0.4 is 4.90 Å². The first-order valence-corrected chi connectivity index (χ1v) is 8.15. The smallest absolute Gasteiger partial charge is 0.261 e. The summed E-state index contributed by atoms with van der Waals surface area (Å²) < 4.78 is 0. The molecule has 4 rings (SSSR count). The molecule has 26 heavy (non-hydrogen) atoms. The molecule has 0 unspecified atom stereocenters. The van der Waals surface area contributed by atoms with Crippen LogP contribution in [0.25, 0.3) is 17.1 Å². The zero-order valence-corrected chi connectivity index (χ0v) is 14.0. The number of imide groups is 1. The van der Waals surface area contributed by atoms with Crippen LogP contribution in [0, 0.1) is 0 Å². The van der Waals surface area contributed by atoms with Crippen LogP contribution in [0.3, 0.4) is 0 Å². The van der Waals surface area contributed by atoms with Crippen molar-refractivity contribution in [3.8, 4) is 0 Å².